The number of anilines is 3. The Morgan fingerprint density at radius 2 is 1.97 bits per heavy atom. The van der Waals surface area contributed by atoms with Gasteiger partial charge in [0.25, 0.3) is 5.91 Å². The molecule has 0 spiro atoms. The van der Waals surface area contributed by atoms with Gasteiger partial charge in [-0.25, -0.2) is 0 Å². The zero-order chi connectivity index (χ0) is 23.5. The van der Waals surface area contributed by atoms with Crippen LogP contribution in [0.1, 0.15) is 29.8 Å². The first-order valence-corrected chi connectivity index (χ1v) is 10.6. The number of carbonyl (C=O) groups excluding carboxylic acids is 2. The molecule has 0 atom stereocenters. The van der Waals surface area contributed by atoms with Gasteiger partial charge in [0.05, 0.1) is 42.3 Å². The number of likely N-dealkylation sites (N-methyl/N-ethyl adjacent to an activating group) is 1. The van der Waals surface area contributed by atoms with E-state index in [1.807, 2.05) is 19.9 Å². The molecule has 9 nitrogen and oxygen atoms in total. The molecular weight excluding hydrogens is 422 g/mol. The average molecular weight is 445 g/mol. The van der Waals surface area contributed by atoms with Crippen molar-refractivity contribution in [3.05, 3.63) is 47.7 Å². The maximum atomic E-state index is 12.5. The van der Waals surface area contributed by atoms with Crippen molar-refractivity contribution in [2.24, 2.45) is 0 Å². The van der Waals surface area contributed by atoms with Crippen molar-refractivity contribution < 1.29 is 19.1 Å². The highest BCUT2D eigenvalue weighted by Crippen LogP contribution is 2.39. The van der Waals surface area contributed by atoms with Crippen molar-refractivity contribution in [2.75, 3.05) is 37.0 Å². The zero-order valence-corrected chi connectivity index (χ0v) is 18.6. The third-order valence-electron chi connectivity index (χ3n) is 5.31. The van der Waals surface area contributed by atoms with Crippen LogP contribution < -0.4 is 25.0 Å². The Morgan fingerprint density at radius 1 is 1.18 bits per heavy atom. The number of hydrogen-bond donors (Lipinski definition) is 2. The number of benzene rings is 2. The van der Waals surface area contributed by atoms with E-state index in [1.165, 1.54) is 11.1 Å². The second-order valence-corrected chi connectivity index (χ2v) is 7.31. The van der Waals surface area contributed by atoms with E-state index in [9.17, 15) is 14.9 Å². The van der Waals surface area contributed by atoms with Gasteiger partial charge in [0.15, 0.2) is 11.5 Å². The fraction of sp³-hybridized carbons (Fsp3) is 0.250. The predicted octanol–water partition coefficient (Wildman–Crippen LogP) is 3.35. The lowest BCUT2D eigenvalue weighted by atomic mass is 10.1. The van der Waals surface area contributed by atoms with Gasteiger partial charge >= 0.3 is 0 Å². The van der Waals surface area contributed by atoms with Crippen molar-refractivity contribution in [2.45, 2.75) is 13.8 Å². The van der Waals surface area contributed by atoms with E-state index >= 15 is 0 Å². The minimum Gasteiger partial charge on any atom is -0.490 e. The third kappa shape index (κ3) is 3.99. The van der Waals surface area contributed by atoms with Crippen LogP contribution in [0.5, 0.6) is 11.5 Å². The lowest BCUT2D eigenvalue weighted by Gasteiger charge is -2.18. The number of ether oxygens (including phenoxy) is 2. The molecule has 2 amide bonds. The van der Waals surface area contributed by atoms with Gasteiger partial charge in [0, 0.05) is 24.3 Å². The molecule has 168 valence electrons. The van der Waals surface area contributed by atoms with Gasteiger partial charge < -0.3 is 25.0 Å². The first kappa shape index (κ1) is 21.9. The lowest BCUT2D eigenvalue weighted by Crippen LogP contribution is -2.33. The summed E-state index contributed by atoms with van der Waals surface area (Å²) in [4.78, 5) is 30.6. The van der Waals surface area contributed by atoms with Gasteiger partial charge in [0.2, 0.25) is 5.91 Å². The molecule has 1 aromatic heterocycles. The number of nitriles is 1. The van der Waals surface area contributed by atoms with E-state index in [0.29, 0.717) is 63.8 Å². The normalized spacial score (nSPS) is 13.1. The second-order valence-electron chi connectivity index (χ2n) is 7.31. The molecule has 1 aliphatic heterocycles. The van der Waals surface area contributed by atoms with E-state index < -0.39 is 0 Å². The number of aromatic nitrogens is 1. The lowest BCUT2D eigenvalue weighted by molar-refractivity contribution is -0.117. The van der Waals surface area contributed by atoms with Crippen LogP contribution in [0.2, 0.25) is 0 Å². The monoisotopic (exact) mass is 445 g/mol. The number of carbonyl (C=O) groups is 2. The SMILES string of the molecule is CCOc1ccc2c(Nc3ccc4c(c3)C(=O)NCC(=O)N4C)c(C#N)cnc2c1OCC. The number of amides is 2. The fourth-order valence-electron chi connectivity index (χ4n) is 3.73. The van der Waals surface area contributed by atoms with Crippen LogP contribution in [0, 0.1) is 11.3 Å². The van der Waals surface area contributed by atoms with Crippen LogP contribution in [0.25, 0.3) is 10.9 Å². The number of pyridine rings is 1. The predicted molar refractivity (Wildman–Crippen MR) is 124 cm³/mol. The maximum Gasteiger partial charge on any atom is 0.253 e. The largest absolute Gasteiger partial charge is 0.490 e. The third-order valence-corrected chi connectivity index (χ3v) is 5.31. The summed E-state index contributed by atoms with van der Waals surface area (Å²) in [5.74, 6) is 0.532. The first-order valence-electron chi connectivity index (χ1n) is 10.6. The van der Waals surface area contributed by atoms with Crippen molar-refractivity contribution in [1.29, 1.82) is 5.26 Å². The van der Waals surface area contributed by atoms with Gasteiger partial charge in [-0.05, 0) is 44.2 Å². The summed E-state index contributed by atoms with van der Waals surface area (Å²) < 4.78 is 11.5. The van der Waals surface area contributed by atoms with Gasteiger partial charge in [-0.3, -0.25) is 14.6 Å². The van der Waals surface area contributed by atoms with Crippen LogP contribution in [0.3, 0.4) is 0 Å². The van der Waals surface area contributed by atoms with E-state index in [4.69, 9.17) is 9.47 Å². The molecule has 0 saturated heterocycles. The van der Waals surface area contributed by atoms with Crippen LogP contribution in [-0.4, -0.2) is 43.6 Å². The second kappa shape index (κ2) is 9.04. The number of rotatable bonds is 6. The molecule has 0 bridgehead atoms. The molecule has 0 saturated carbocycles. The molecule has 0 unspecified atom stereocenters. The Hall–Kier alpha value is -4.32. The highest BCUT2D eigenvalue weighted by atomic mass is 16.5. The van der Waals surface area contributed by atoms with Crippen molar-refractivity contribution in [3.63, 3.8) is 0 Å². The summed E-state index contributed by atoms with van der Waals surface area (Å²) in [5.41, 5.74) is 2.88. The summed E-state index contributed by atoms with van der Waals surface area (Å²) in [6, 6.07) is 10.9. The van der Waals surface area contributed by atoms with E-state index in [2.05, 4.69) is 21.7 Å². The smallest absolute Gasteiger partial charge is 0.253 e. The van der Waals surface area contributed by atoms with E-state index in [-0.39, 0.29) is 18.4 Å². The average Bonchev–Trinajstić information content (AvgIpc) is 2.93. The molecule has 1 aliphatic rings. The van der Waals surface area contributed by atoms with Crippen molar-refractivity contribution >= 4 is 39.8 Å². The summed E-state index contributed by atoms with van der Waals surface area (Å²) in [6.45, 7) is 4.60. The molecule has 4 rings (SSSR count). The Morgan fingerprint density at radius 3 is 2.70 bits per heavy atom. The maximum absolute atomic E-state index is 12.5. The van der Waals surface area contributed by atoms with Gasteiger partial charge in [0.1, 0.15) is 11.6 Å². The van der Waals surface area contributed by atoms with Crippen molar-refractivity contribution in [3.8, 4) is 17.6 Å². The molecule has 2 aromatic carbocycles. The summed E-state index contributed by atoms with van der Waals surface area (Å²) >= 11 is 0. The molecule has 3 aromatic rings. The van der Waals surface area contributed by atoms with Gasteiger partial charge in [-0.2, -0.15) is 5.26 Å². The van der Waals surface area contributed by atoms with Crippen LogP contribution >= 0.6 is 0 Å². The standard InChI is InChI=1S/C24H23N5O4/c1-4-32-19-9-7-16-21(14(11-25)12-26-22(16)23(19)33-5-2)28-15-6-8-18-17(10-15)24(31)27-13-20(30)29(18)3/h6-10,12H,4-5,13H2,1-3H3,(H,26,28)(H,27,31). The minimum atomic E-state index is -0.341. The Bertz CT molecular complexity index is 1300. The molecular formula is C24H23N5O4. The van der Waals surface area contributed by atoms with Crippen LogP contribution in [0.15, 0.2) is 36.5 Å². The van der Waals surface area contributed by atoms with Crippen LogP contribution in [-0.2, 0) is 4.79 Å². The topological polar surface area (TPSA) is 117 Å². The molecule has 9 heteroatoms. The zero-order valence-electron chi connectivity index (χ0n) is 18.6. The van der Waals surface area contributed by atoms with Crippen LogP contribution in [0.4, 0.5) is 17.1 Å². The molecule has 33 heavy (non-hydrogen) atoms. The Labute approximate surface area is 190 Å². The molecule has 0 fully saturated rings. The van der Waals surface area contributed by atoms with Gasteiger partial charge in [-0.1, -0.05) is 0 Å². The number of hydrogen-bond acceptors (Lipinski definition) is 7. The van der Waals surface area contributed by atoms with Gasteiger partial charge in [-0.15, -0.1) is 0 Å². The highest BCUT2D eigenvalue weighted by Gasteiger charge is 2.24. The van der Waals surface area contributed by atoms with E-state index in [0.717, 1.165) is 0 Å². The summed E-state index contributed by atoms with van der Waals surface area (Å²) in [5, 5.41) is 16.3. The van der Waals surface area contributed by atoms with E-state index in [1.54, 1.807) is 31.3 Å². The molecule has 0 radical (unpaired) electrons. The quantitative estimate of drug-likeness (QED) is 0.598. The fourth-order valence-corrected chi connectivity index (χ4v) is 3.73. The summed E-state index contributed by atoms with van der Waals surface area (Å²) in [7, 11) is 1.63. The van der Waals surface area contributed by atoms with Crippen molar-refractivity contribution in [1.82, 2.24) is 10.3 Å². The minimum absolute atomic E-state index is 0.0667. The molecule has 2 heterocycles. The first-order chi connectivity index (χ1) is 16.0. The highest BCUT2D eigenvalue weighted by molar-refractivity contribution is 6.10. The Kier molecular flexibility index (Phi) is 6.00. The summed E-state index contributed by atoms with van der Waals surface area (Å²) in [6.07, 6.45) is 1.48. The Balaban J connectivity index is 1.83. The number of nitrogens with one attached hydrogen (secondary N) is 2. The molecule has 2 N–H and O–H groups in total. The molecule has 0 aliphatic carbocycles. The number of nitrogens with zero attached hydrogens (tertiary/aromatic N) is 3. The number of fused-ring (bicyclic) bond motifs is 2.